The van der Waals surface area contributed by atoms with E-state index in [4.69, 9.17) is 5.73 Å². The van der Waals surface area contributed by atoms with Gasteiger partial charge in [-0.25, -0.2) is 0 Å². The highest BCUT2D eigenvalue weighted by atomic mass is 16.3. The second-order valence-corrected chi connectivity index (χ2v) is 4.28. The third-order valence-electron chi connectivity index (χ3n) is 2.74. The number of anilines is 1. The zero-order chi connectivity index (χ0) is 13.0. The summed E-state index contributed by atoms with van der Waals surface area (Å²) in [7, 11) is 0. The van der Waals surface area contributed by atoms with Gasteiger partial charge in [-0.05, 0) is 24.6 Å². The molecule has 0 saturated heterocycles. The van der Waals surface area contributed by atoms with E-state index >= 15 is 0 Å². The van der Waals surface area contributed by atoms with Crippen LogP contribution in [-0.2, 0) is 5.60 Å². The van der Waals surface area contributed by atoms with Crippen molar-refractivity contribution in [1.29, 1.82) is 0 Å². The summed E-state index contributed by atoms with van der Waals surface area (Å²) in [5, 5.41) is 10.3. The number of benzene rings is 2. The van der Waals surface area contributed by atoms with Gasteiger partial charge in [-0.2, -0.15) is 0 Å². The largest absolute Gasteiger partial charge is 0.398 e. The molecule has 1 unspecified atom stereocenters. The van der Waals surface area contributed by atoms with E-state index in [0.29, 0.717) is 5.69 Å². The van der Waals surface area contributed by atoms with Crippen molar-refractivity contribution < 1.29 is 5.11 Å². The first-order valence-electron chi connectivity index (χ1n) is 5.75. The minimum atomic E-state index is -1.18. The smallest absolute Gasteiger partial charge is 0.148 e. The van der Waals surface area contributed by atoms with Crippen molar-refractivity contribution in [2.75, 3.05) is 5.73 Å². The van der Waals surface area contributed by atoms with Crippen molar-refractivity contribution in [2.24, 2.45) is 0 Å². The van der Waals surface area contributed by atoms with Crippen LogP contribution in [0, 0.1) is 11.8 Å². The molecule has 1 atom stereocenters. The van der Waals surface area contributed by atoms with Gasteiger partial charge in [0.2, 0.25) is 0 Å². The fraction of sp³-hybridized carbons (Fsp3) is 0.125. The fourth-order valence-corrected chi connectivity index (χ4v) is 1.63. The molecular formula is C16H15NO. The average molecular weight is 237 g/mol. The van der Waals surface area contributed by atoms with Crippen molar-refractivity contribution in [2.45, 2.75) is 12.5 Å². The number of hydrogen-bond acceptors (Lipinski definition) is 2. The zero-order valence-corrected chi connectivity index (χ0v) is 10.2. The number of hydrogen-bond donors (Lipinski definition) is 2. The third-order valence-corrected chi connectivity index (χ3v) is 2.74. The maximum Gasteiger partial charge on any atom is 0.148 e. The summed E-state index contributed by atoms with van der Waals surface area (Å²) >= 11 is 0. The Morgan fingerprint density at radius 3 is 2.28 bits per heavy atom. The number of nitrogens with two attached hydrogens (primary N) is 1. The Hall–Kier alpha value is -2.24. The molecule has 0 amide bonds. The lowest BCUT2D eigenvalue weighted by atomic mass is 9.96. The van der Waals surface area contributed by atoms with Crippen LogP contribution >= 0.6 is 0 Å². The Bertz CT molecular complexity index is 591. The molecule has 2 nitrogen and oxygen atoms in total. The summed E-state index contributed by atoms with van der Waals surface area (Å²) in [5.41, 5.74) is 6.75. The number of aliphatic hydroxyl groups is 1. The standard InChI is InChI=1S/C16H15NO/c1-16(18,14-8-3-2-4-9-14)12-11-13-7-5-6-10-15(13)17/h2-10,18H,17H2,1H3. The number of rotatable bonds is 1. The van der Waals surface area contributed by atoms with E-state index in [9.17, 15) is 5.11 Å². The van der Waals surface area contributed by atoms with Crippen LogP contribution in [0.5, 0.6) is 0 Å². The molecule has 3 N–H and O–H groups in total. The molecule has 0 spiro atoms. The summed E-state index contributed by atoms with van der Waals surface area (Å²) < 4.78 is 0. The Morgan fingerprint density at radius 1 is 1.00 bits per heavy atom. The highest BCUT2D eigenvalue weighted by Gasteiger charge is 2.19. The Balaban J connectivity index is 2.33. The van der Waals surface area contributed by atoms with E-state index in [1.165, 1.54) is 0 Å². The van der Waals surface area contributed by atoms with Crippen molar-refractivity contribution >= 4 is 5.69 Å². The van der Waals surface area contributed by atoms with Crippen LogP contribution in [0.1, 0.15) is 18.1 Å². The molecule has 0 aliphatic carbocycles. The predicted octanol–water partition coefficient (Wildman–Crippen LogP) is 2.53. The van der Waals surface area contributed by atoms with Crippen LogP contribution in [0.25, 0.3) is 0 Å². The van der Waals surface area contributed by atoms with Crippen LogP contribution in [0.15, 0.2) is 54.6 Å². The van der Waals surface area contributed by atoms with Crippen LogP contribution in [0.4, 0.5) is 5.69 Å². The molecule has 0 bridgehead atoms. The van der Waals surface area contributed by atoms with Gasteiger partial charge in [0.1, 0.15) is 5.60 Å². The third kappa shape index (κ3) is 2.71. The van der Waals surface area contributed by atoms with Crippen LogP contribution in [-0.4, -0.2) is 5.11 Å². The lowest BCUT2D eigenvalue weighted by molar-refractivity contribution is 0.122. The molecular weight excluding hydrogens is 222 g/mol. The van der Waals surface area contributed by atoms with Crippen molar-refractivity contribution in [3.63, 3.8) is 0 Å². The minimum absolute atomic E-state index is 0.619. The van der Waals surface area contributed by atoms with E-state index in [1.807, 2.05) is 48.5 Å². The van der Waals surface area contributed by atoms with Gasteiger partial charge in [-0.15, -0.1) is 0 Å². The van der Waals surface area contributed by atoms with Crippen LogP contribution in [0.2, 0.25) is 0 Å². The average Bonchev–Trinajstić information content (AvgIpc) is 2.39. The van der Waals surface area contributed by atoms with Gasteiger partial charge < -0.3 is 10.8 Å². The van der Waals surface area contributed by atoms with E-state index in [1.54, 1.807) is 13.0 Å². The summed E-state index contributed by atoms with van der Waals surface area (Å²) in [4.78, 5) is 0. The molecule has 0 heterocycles. The monoisotopic (exact) mass is 237 g/mol. The second-order valence-electron chi connectivity index (χ2n) is 4.28. The van der Waals surface area contributed by atoms with Crippen molar-refractivity contribution in [3.8, 4) is 11.8 Å². The lowest BCUT2D eigenvalue weighted by Crippen LogP contribution is -2.18. The van der Waals surface area contributed by atoms with Gasteiger partial charge in [0.25, 0.3) is 0 Å². The highest BCUT2D eigenvalue weighted by molar-refractivity contribution is 5.56. The maximum atomic E-state index is 10.3. The molecule has 0 aliphatic heterocycles. The van der Waals surface area contributed by atoms with Crippen LogP contribution in [0.3, 0.4) is 0 Å². The quantitative estimate of drug-likeness (QED) is 0.591. The molecule has 0 saturated carbocycles. The summed E-state index contributed by atoms with van der Waals surface area (Å²) in [6, 6.07) is 16.7. The molecule has 18 heavy (non-hydrogen) atoms. The second kappa shape index (κ2) is 4.95. The molecule has 90 valence electrons. The summed E-state index contributed by atoms with van der Waals surface area (Å²) in [5.74, 6) is 5.78. The maximum absolute atomic E-state index is 10.3. The van der Waals surface area contributed by atoms with Crippen molar-refractivity contribution in [1.82, 2.24) is 0 Å². The Kier molecular flexibility index (Phi) is 3.36. The molecule has 2 aromatic carbocycles. The molecule has 2 heteroatoms. The Labute approximate surface area is 107 Å². The first-order valence-corrected chi connectivity index (χ1v) is 5.75. The molecule has 2 aromatic rings. The zero-order valence-electron chi connectivity index (χ0n) is 10.2. The molecule has 0 aliphatic rings. The normalized spacial score (nSPS) is 13.2. The minimum Gasteiger partial charge on any atom is -0.398 e. The molecule has 0 radical (unpaired) electrons. The van der Waals surface area contributed by atoms with E-state index in [2.05, 4.69) is 11.8 Å². The fourth-order valence-electron chi connectivity index (χ4n) is 1.63. The van der Waals surface area contributed by atoms with Gasteiger partial charge in [-0.3, -0.25) is 0 Å². The van der Waals surface area contributed by atoms with Gasteiger partial charge in [-0.1, -0.05) is 54.3 Å². The molecule has 2 rings (SSSR count). The highest BCUT2D eigenvalue weighted by Crippen LogP contribution is 2.19. The first-order chi connectivity index (χ1) is 8.59. The summed E-state index contributed by atoms with van der Waals surface area (Å²) in [6.45, 7) is 1.68. The summed E-state index contributed by atoms with van der Waals surface area (Å²) in [6.07, 6.45) is 0. The topological polar surface area (TPSA) is 46.2 Å². The number of nitrogen functional groups attached to an aromatic ring is 1. The van der Waals surface area contributed by atoms with Gasteiger partial charge in [0.15, 0.2) is 0 Å². The molecule has 0 aromatic heterocycles. The van der Waals surface area contributed by atoms with E-state index in [-0.39, 0.29) is 0 Å². The van der Waals surface area contributed by atoms with Crippen molar-refractivity contribution in [3.05, 3.63) is 65.7 Å². The SMILES string of the molecule is CC(O)(C#Cc1ccccc1N)c1ccccc1. The predicted molar refractivity (Wildman–Crippen MR) is 73.7 cm³/mol. The van der Waals surface area contributed by atoms with Gasteiger partial charge in [0, 0.05) is 11.3 Å². The molecule has 0 fully saturated rings. The first kappa shape index (κ1) is 12.2. The Morgan fingerprint density at radius 2 is 1.61 bits per heavy atom. The lowest BCUT2D eigenvalue weighted by Gasteiger charge is -2.16. The van der Waals surface area contributed by atoms with Crippen LogP contribution < -0.4 is 5.73 Å². The van der Waals surface area contributed by atoms with E-state index in [0.717, 1.165) is 11.1 Å². The van der Waals surface area contributed by atoms with Gasteiger partial charge in [0.05, 0.1) is 0 Å². The number of para-hydroxylation sites is 1. The van der Waals surface area contributed by atoms with E-state index < -0.39 is 5.60 Å². The van der Waals surface area contributed by atoms with Gasteiger partial charge >= 0.3 is 0 Å².